The summed E-state index contributed by atoms with van der Waals surface area (Å²) < 4.78 is 6.03. The third-order valence-electron chi connectivity index (χ3n) is 2.96. The Labute approximate surface area is 134 Å². The molecule has 3 aromatic rings. The van der Waals surface area contributed by atoms with Gasteiger partial charge in [-0.25, -0.2) is 0 Å². The van der Waals surface area contributed by atoms with Crippen molar-refractivity contribution in [3.63, 3.8) is 0 Å². The molecule has 3 rings (SSSR count). The van der Waals surface area contributed by atoms with Crippen molar-refractivity contribution in [1.29, 1.82) is 0 Å². The molecule has 0 fully saturated rings. The lowest BCUT2D eigenvalue weighted by Gasteiger charge is -2.00. The smallest absolute Gasteiger partial charge is 0.261 e. The first kappa shape index (κ1) is 14.1. The molecule has 1 N–H and O–H groups in total. The van der Waals surface area contributed by atoms with E-state index in [1.165, 1.54) is 0 Å². The highest BCUT2D eigenvalue weighted by atomic mass is 79.9. The van der Waals surface area contributed by atoms with Gasteiger partial charge in [-0.15, -0.1) is 0 Å². The molecule has 0 amide bonds. The Morgan fingerprint density at radius 1 is 1.19 bits per heavy atom. The number of phenols is 1. The predicted octanol–water partition coefficient (Wildman–Crippen LogP) is 4.45. The van der Waals surface area contributed by atoms with Gasteiger partial charge in [0.05, 0.1) is 5.56 Å². The largest absolute Gasteiger partial charge is 0.507 e. The lowest BCUT2D eigenvalue weighted by Crippen LogP contribution is -1.91. The first-order chi connectivity index (χ1) is 10.1. The second kappa shape index (κ2) is 5.87. The van der Waals surface area contributed by atoms with Crippen LogP contribution in [0, 0.1) is 0 Å². The van der Waals surface area contributed by atoms with Crippen LogP contribution < -0.4 is 0 Å². The minimum Gasteiger partial charge on any atom is -0.507 e. The summed E-state index contributed by atoms with van der Waals surface area (Å²) in [6, 6.07) is 12.5. The van der Waals surface area contributed by atoms with Crippen LogP contribution in [0.15, 0.2) is 51.5 Å². The molecule has 0 saturated carbocycles. The van der Waals surface area contributed by atoms with Crippen LogP contribution in [0.2, 0.25) is 5.02 Å². The SMILES string of the molecule is Oc1ccc(Br)cc1-c1nc(Cc2ccccc2Cl)no1. The average molecular weight is 366 g/mol. The lowest BCUT2D eigenvalue weighted by atomic mass is 10.1. The van der Waals surface area contributed by atoms with Gasteiger partial charge >= 0.3 is 0 Å². The number of halogens is 2. The van der Waals surface area contributed by atoms with Crippen molar-refractivity contribution in [2.24, 2.45) is 0 Å². The van der Waals surface area contributed by atoms with Crippen LogP contribution in [0.4, 0.5) is 0 Å². The number of aromatic hydroxyl groups is 1. The van der Waals surface area contributed by atoms with E-state index in [1.807, 2.05) is 24.3 Å². The van der Waals surface area contributed by atoms with Gasteiger partial charge in [0, 0.05) is 15.9 Å². The number of rotatable bonds is 3. The van der Waals surface area contributed by atoms with Crippen molar-refractivity contribution >= 4 is 27.5 Å². The number of hydrogen-bond acceptors (Lipinski definition) is 4. The molecule has 0 spiro atoms. The first-order valence-corrected chi connectivity index (χ1v) is 7.35. The summed E-state index contributed by atoms with van der Waals surface area (Å²) in [5, 5.41) is 14.5. The van der Waals surface area contributed by atoms with E-state index in [2.05, 4.69) is 26.1 Å². The van der Waals surface area contributed by atoms with E-state index < -0.39 is 0 Å². The molecule has 1 aromatic heterocycles. The third-order valence-corrected chi connectivity index (χ3v) is 3.83. The van der Waals surface area contributed by atoms with Crippen LogP contribution in [-0.4, -0.2) is 15.2 Å². The summed E-state index contributed by atoms with van der Waals surface area (Å²) in [5.41, 5.74) is 1.41. The van der Waals surface area contributed by atoms with E-state index in [9.17, 15) is 5.11 Å². The highest BCUT2D eigenvalue weighted by Crippen LogP contribution is 2.31. The highest BCUT2D eigenvalue weighted by molar-refractivity contribution is 9.10. The molecule has 4 nitrogen and oxygen atoms in total. The van der Waals surface area contributed by atoms with Crippen LogP contribution in [0.1, 0.15) is 11.4 Å². The fraction of sp³-hybridized carbons (Fsp3) is 0.0667. The molecule has 106 valence electrons. The van der Waals surface area contributed by atoms with Gasteiger partial charge in [-0.1, -0.05) is 50.9 Å². The summed E-state index contributed by atoms with van der Waals surface area (Å²) in [5.74, 6) is 0.875. The summed E-state index contributed by atoms with van der Waals surface area (Å²) in [7, 11) is 0. The molecule has 0 saturated heterocycles. The molecular weight excluding hydrogens is 356 g/mol. The van der Waals surface area contributed by atoms with Crippen LogP contribution >= 0.6 is 27.5 Å². The van der Waals surface area contributed by atoms with Gasteiger partial charge in [-0.05, 0) is 29.8 Å². The van der Waals surface area contributed by atoms with Crippen molar-refractivity contribution in [2.75, 3.05) is 0 Å². The molecule has 21 heavy (non-hydrogen) atoms. The number of benzene rings is 2. The Bertz CT molecular complexity index is 789. The van der Waals surface area contributed by atoms with Gasteiger partial charge in [0.1, 0.15) is 5.75 Å². The highest BCUT2D eigenvalue weighted by Gasteiger charge is 2.14. The molecule has 0 unspecified atom stereocenters. The minimum absolute atomic E-state index is 0.0890. The van der Waals surface area contributed by atoms with Crippen molar-refractivity contribution < 1.29 is 9.63 Å². The number of nitrogens with zero attached hydrogens (tertiary/aromatic N) is 2. The molecule has 0 radical (unpaired) electrons. The summed E-state index contributed by atoms with van der Waals surface area (Å²) >= 11 is 9.46. The zero-order valence-electron chi connectivity index (χ0n) is 10.8. The van der Waals surface area contributed by atoms with Gasteiger partial charge in [0.25, 0.3) is 5.89 Å². The van der Waals surface area contributed by atoms with Gasteiger partial charge < -0.3 is 9.63 Å². The van der Waals surface area contributed by atoms with E-state index in [0.717, 1.165) is 10.0 Å². The summed E-state index contributed by atoms with van der Waals surface area (Å²) in [6.07, 6.45) is 0.470. The molecule has 0 atom stereocenters. The Morgan fingerprint density at radius 3 is 2.81 bits per heavy atom. The number of aromatic nitrogens is 2. The minimum atomic E-state index is 0.0890. The van der Waals surface area contributed by atoms with Gasteiger partial charge in [-0.3, -0.25) is 0 Å². The van der Waals surface area contributed by atoms with Crippen molar-refractivity contribution in [1.82, 2.24) is 10.1 Å². The topological polar surface area (TPSA) is 59.2 Å². The monoisotopic (exact) mass is 364 g/mol. The molecule has 2 aromatic carbocycles. The quantitative estimate of drug-likeness (QED) is 0.745. The zero-order valence-corrected chi connectivity index (χ0v) is 13.1. The Balaban J connectivity index is 1.90. The Morgan fingerprint density at radius 2 is 2.00 bits per heavy atom. The maximum atomic E-state index is 9.86. The number of hydrogen-bond donors (Lipinski definition) is 1. The van der Waals surface area contributed by atoms with E-state index in [-0.39, 0.29) is 11.6 Å². The van der Waals surface area contributed by atoms with Gasteiger partial charge in [-0.2, -0.15) is 4.98 Å². The van der Waals surface area contributed by atoms with Crippen LogP contribution in [0.3, 0.4) is 0 Å². The lowest BCUT2D eigenvalue weighted by molar-refractivity contribution is 0.418. The van der Waals surface area contributed by atoms with E-state index in [1.54, 1.807) is 18.2 Å². The number of phenolic OH excluding ortho intramolecular Hbond substituents is 1. The van der Waals surface area contributed by atoms with Gasteiger partial charge in [0.2, 0.25) is 0 Å². The molecule has 0 aliphatic carbocycles. The maximum Gasteiger partial charge on any atom is 0.261 e. The van der Waals surface area contributed by atoms with Crippen molar-refractivity contribution in [2.45, 2.75) is 6.42 Å². The first-order valence-electron chi connectivity index (χ1n) is 6.18. The van der Waals surface area contributed by atoms with E-state index in [4.69, 9.17) is 16.1 Å². The molecule has 0 bridgehead atoms. The van der Waals surface area contributed by atoms with E-state index in [0.29, 0.717) is 22.8 Å². The fourth-order valence-corrected chi connectivity index (χ4v) is 2.49. The Hall–Kier alpha value is -1.85. The van der Waals surface area contributed by atoms with Crippen molar-refractivity contribution in [3.8, 4) is 17.2 Å². The molecule has 1 heterocycles. The van der Waals surface area contributed by atoms with Crippen LogP contribution in [-0.2, 0) is 6.42 Å². The third kappa shape index (κ3) is 3.09. The normalized spacial score (nSPS) is 10.8. The second-order valence-corrected chi connectivity index (χ2v) is 5.77. The second-order valence-electron chi connectivity index (χ2n) is 4.45. The zero-order chi connectivity index (χ0) is 14.8. The maximum absolute atomic E-state index is 9.86. The molecular formula is C15H10BrClN2O2. The van der Waals surface area contributed by atoms with Gasteiger partial charge in [0.15, 0.2) is 5.82 Å². The summed E-state index contributed by atoms with van der Waals surface area (Å²) in [4.78, 5) is 4.30. The average Bonchev–Trinajstić information content (AvgIpc) is 2.92. The molecule has 0 aliphatic heterocycles. The Kier molecular flexibility index (Phi) is 3.94. The standard InChI is InChI=1S/C15H10BrClN2O2/c16-10-5-6-13(20)11(8-10)15-18-14(19-21-15)7-9-3-1-2-4-12(9)17/h1-6,8,20H,7H2. The van der Waals surface area contributed by atoms with Crippen molar-refractivity contribution in [3.05, 3.63) is 63.3 Å². The van der Waals surface area contributed by atoms with E-state index >= 15 is 0 Å². The predicted molar refractivity (Wildman–Crippen MR) is 83.4 cm³/mol. The fourth-order valence-electron chi connectivity index (χ4n) is 1.93. The molecule has 6 heteroatoms. The van der Waals surface area contributed by atoms with Crippen LogP contribution in [0.25, 0.3) is 11.5 Å². The van der Waals surface area contributed by atoms with Crippen LogP contribution in [0.5, 0.6) is 5.75 Å². The molecule has 0 aliphatic rings. The summed E-state index contributed by atoms with van der Waals surface area (Å²) in [6.45, 7) is 0.